The number of ether oxygens (including phenoxy) is 5. The van der Waals surface area contributed by atoms with E-state index in [-0.39, 0.29) is 0 Å². The van der Waals surface area contributed by atoms with Gasteiger partial charge in [-0.25, -0.2) is 0 Å². The maximum atomic E-state index is 5.89. The third kappa shape index (κ3) is 26.4. The van der Waals surface area contributed by atoms with Gasteiger partial charge in [-0.15, -0.1) is 0 Å². The van der Waals surface area contributed by atoms with Gasteiger partial charge in [-0.3, -0.25) is 19.6 Å². The molecule has 3 saturated heterocycles. The van der Waals surface area contributed by atoms with Crippen molar-refractivity contribution < 1.29 is 23.7 Å². The van der Waals surface area contributed by atoms with E-state index in [0.29, 0.717) is 66.1 Å². The molecule has 12 nitrogen and oxygen atoms in total. The molecule has 0 radical (unpaired) electrons. The monoisotopic (exact) mass is 840 g/mol. The summed E-state index contributed by atoms with van der Waals surface area (Å²) in [5.74, 6) is 5.15. The molecule has 4 rings (SSSR count). The molecule has 14 heteroatoms. The third-order valence-corrected chi connectivity index (χ3v) is 12.8. The van der Waals surface area contributed by atoms with Crippen LogP contribution in [0.3, 0.4) is 0 Å². The van der Waals surface area contributed by atoms with Gasteiger partial charge in [-0.05, 0) is 105 Å². The highest BCUT2D eigenvalue weighted by atomic mass is 32.2. The van der Waals surface area contributed by atoms with E-state index < -0.39 is 0 Å². The molecular weight excluding hydrogens is 759 g/mol. The Morgan fingerprint density at radius 1 is 0.368 bits per heavy atom. The predicted molar refractivity (Wildman–Crippen MR) is 240 cm³/mol. The highest BCUT2D eigenvalue weighted by molar-refractivity contribution is 7.99. The zero-order chi connectivity index (χ0) is 39.5. The Hall–Kier alpha value is -0.560. The Balaban J connectivity index is 1.17. The van der Waals surface area contributed by atoms with E-state index in [1.807, 2.05) is 0 Å². The normalized spacial score (nSPS) is 24.1. The van der Waals surface area contributed by atoms with Crippen molar-refractivity contribution in [1.29, 1.82) is 0 Å². The lowest BCUT2D eigenvalue weighted by molar-refractivity contribution is -0.0189. The molecular formula is C43H81N7O5S2. The number of hydrogen-bond donors (Lipinski definition) is 3. The van der Waals surface area contributed by atoms with Gasteiger partial charge < -0.3 is 39.6 Å². The molecule has 3 fully saturated rings. The second-order valence-corrected chi connectivity index (χ2v) is 17.9. The molecule has 0 unspecified atom stereocenters. The number of hydrogen-bond acceptors (Lipinski definition) is 14. The van der Waals surface area contributed by atoms with Gasteiger partial charge in [0.15, 0.2) is 0 Å². The lowest BCUT2D eigenvalue weighted by atomic mass is 10.1. The number of nitrogens with zero attached hydrogens (tertiary/aromatic N) is 4. The van der Waals surface area contributed by atoms with Crippen molar-refractivity contribution in [1.82, 2.24) is 35.6 Å². The molecule has 0 aliphatic carbocycles. The third-order valence-electron chi connectivity index (χ3n) is 10.5. The summed E-state index contributed by atoms with van der Waals surface area (Å²) < 4.78 is 28.5. The molecule has 0 amide bonds. The molecule has 0 atom stereocenters. The van der Waals surface area contributed by atoms with Crippen LogP contribution in [0.4, 0.5) is 0 Å². The molecule has 3 aliphatic rings. The smallest absolute Gasteiger partial charge is 0.0701 e. The Kier molecular flexibility index (Phi) is 30.2. The Bertz CT molecular complexity index is 1010. The molecule has 1 aromatic rings. The van der Waals surface area contributed by atoms with Crippen molar-refractivity contribution in [2.24, 2.45) is 0 Å². The average molecular weight is 840 g/mol. The van der Waals surface area contributed by atoms with Crippen LogP contribution >= 0.6 is 23.5 Å². The summed E-state index contributed by atoms with van der Waals surface area (Å²) in [5.41, 5.74) is 2.71. The highest BCUT2D eigenvalue weighted by Gasteiger charge is 2.14. The van der Waals surface area contributed by atoms with Gasteiger partial charge in [0, 0.05) is 72.0 Å². The van der Waals surface area contributed by atoms with Gasteiger partial charge in [0.1, 0.15) is 0 Å². The number of thioether (sulfide) groups is 2. The first-order valence-electron chi connectivity index (χ1n) is 22.5. The fourth-order valence-electron chi connectivity index (χ4n) is 7.25. The lowest BCUT2D eigenvalue weighted by Gasteiger charge is -2.31. The van der Waals surface area contributed by atoms with Crippen LogP contribution in [-0.4, -0.2) is 207 Å². The summed E-state index contributed by atoms with van der Waals surface area (Å²) in [6.07, 6.45) is 7.55. The van der Waals surface area contributed by atoms with Gasteiger partial charge >= 0.3 is 0 Å². The Labute approximate surface area is 355 Å². The maximum Gasteiger partial charge on any atom is 0.0701 e. The highest BCUT2D eigenvalue weighted by Crippen LogP contribution is 2.12. The van der Waals surface area contributed by atoms with Crippen LogP contribution in [0.25, 0.3) is 0 Å². The molecule has 0 bridgehead atoms. The number of benzene rings is 1. The van der Waals surface area contributed by atoms with Crippen molar-refractivity contribution in [3.63, 3.8) is 0 Å². The van der Waals surface area contributed by atoms with Gasteiger partial charge in [-0.2, -0.15) is 23.5 Å². The minimum atomic E-state index is 0.579. The molecule has 57 heavy (non-hydrogen) atoms. The quantitative estimate of drug-likeness (QED) is 0.390. The zero-order valence-corrected chi connectivity index (χ0v) is 37.3. The number of rotatable bonds is 6. The van der Waals surface area contributed by atoms with Gasteiger partial charge in [0.2, 0.25) is 0 Å². The van der Waals surface area contributed by atoms with E-state index in [2.05, 4.69) is 83.3 Å². The molecule has 330 valence electrons. The summed E-state index contributed by atoms with van der Waals surface area (Å²) >= 11 is 4.29. The first kappa shape index (κ1) is 49.1. The first-order valence-corrected chi connectivity index (χ1v) is 24.8. The maximum absolute atomic E-state index is 5.89. The standard InChI is InChI=1S/C43H81N7O5S2/c1-11-46-16-22-50(41-49-19-5-37-56-35-3-13-44-14-4-36-57-38-6-20-49)18-2-12-45-15-21-47(17-1)39-42-7-9-43(10-8-42)40-48-23-25-51-27-29-53-31-33-55-34-32-54-30-28-52-26-24-48/h7-10,44-46H,1-6,11-41H2. The molecule has 0 aromatic heterocycles. The fourth-order valence-corrected chi connectivity index (χ4v) is 9.02. The molecule has 3 N–H and O–H groups in total. The van der Waals surface area contributed by atoms with Crippen LogP contribution in [0.15, 0.2) is 24.3 Å². The van der Waals surface area contributed by atoms with Crippen LogP contribution in [0, 0.1) is 0 Å². The van der Waals surface area contributed by atoms with Gasteiger partial charge in [0.05, 0.1) is 72.7 Å². The van der Waals surface area contributed by atoms with Crippen molar-refractivity contribution in [2.45, 2.75) is 51.6 Å². The average Bonchev–Trinajstić information content (AvgIpc) is 3.21. The summed E-state index contributed by atoms with van der Waals surface area (Å²) in [6.45, 7) is 24.2. The number of nitrogens with one attached hydrogen (secondary N) is 3. The summed E-state index contributed by atoms with van der Waals surface area (Å²) in [6, 6.07) is 9.27. The van der Waals surface area contributed by atoms with E-state index in [0.717, 1.165) is 85.2 Å². The second kappa shape index (κ2) is 35.1. The van der Waals surface area contributed by atoms with Crippen LogP contribution < -0.4 is 16.0 Å². The van der Waals surface area contributed by atoms with Crippen molar-refractivity contribution in [2.75, 3.05) is 187 Å². The van der Waals surface area contributed by atoms with Gasteiger partial charge in [0.25, 0.3) is 0 Å². The van der Waals surface area contributed by atoms with Crippen molar-refractivity contribution >= 4 is 23.5 Å². The van der Waals surface area contributed by atoms with E-state index in [4.69, 9.17) is 23.7 Å². The van der Waals surface area contributed by atoms with E-state index in [1.165, 1.54) is 98.8 Å². The van der Waals surface area contributed by atoms with Crippen molar-refractivity contribution in [3.8, 4) is 0 Å². The summed E-state index contributed by atoms with van der Waals surface area (Å²) in [4.78, 5) is 10.5. The largest absolute Gasteiger partial charge is 0.378 e. The summed E-state index contributed by atoms with van der Waals surface area (Å²) in [5, 5.41) is 11.2. The topological polar surface area (TPSA) is 95.2 Å². The SMILES string of the molecule is c1cc(CN2CCOCCOCCOCCOCCOCC2)ccc1CN1CCCNCCN(CN2CCCSCCCNCCCSCCC2)CCCNCC1. The van der Waals surface area contributed by atoms with Gasteiger partial charge in [-0.1, -0.05) is 24.3 Å². The van der Waals surface area contributed by atoms with E-state index >= 15 is 0 Å². The molecule has 3 aliphatic heterocycles. The van der Waals surface area contributed by atoms with E-state index in [1.54, 1.807) is 0 Å². The molecule has 1 aromatic carbocycles. The van der Waals surface area contributed by atoms with Crippen LogP contribution in [0.2, 0.25) is 0 Å². The van der Waals surface area contributed by atoms with Crippen LogP contribution in [0.1, 0.15) is 49.7 Å². The molecule has 0 saturated carbocycles. The Morgan fingerprint density at radius 2 is 0.719 bits per heavy atom. The molecule has 3 heterocycles. The lowest BCUT2D eigenvalue weighted by Crippen LogP contribution is -2.44. The zero-order valence-electron chi connectivity index (χ0n) is 35.6. The van der Waals surface area contributed by atoms with Crippen molar-refractivity contribution in [3.05, 3.63) is 35.4 Å². The van der Waals surface area contributed by atoms with E-state index in [9.17, 15) is 0 Å². The predicted octanol–water partition coefficient (Wildman–Crippen LogP) is 3.55. The summed E-state index contributed by atoms with van der Waals surface area (Å²) in [7, 11) is 0. The molecule has 0 spiro atoms. The second-order valence-electron chi connectivity index (χ2n) is 15.4. The fraction of sp³-hybridized carbons (Fsp3) is 0.860. The van der Waals surface area contributed by atoms with Crippen LogP contribution in [0.5, 0.6) is 0 Å². The van der Waals surface area contributed by atoms with Crippen LogP contribution in [-0.2, 0) is 36.8 Å². The minimum Gasteiger partial charge on any atom is -0.378 e. The Morgan fingerprint density at radius 3 is 1.23 bits per heavy atom. The minimum absolute atomic E-state index is 0.579. The first-order chi connectivity index (χ1) is 28.3.